The SMILES string of the molecule is CCCc1nc2ccccc2c(=O)n1Cc1ccc(-c2cscc2-c2nn[nH]n2)cc1. The van der Waals surface area contributed by atoms with Crippen molar-refractivity contribution in [3.63, 3.8) is 0 Å². The predicted molar refractivity (Wildman–Crippen MR) is 122 cm³/mol. The molecule has 2 aromatic carbocycles. The maximum absolute atomic E-state index is 13.2. The van der Waals surface area contributed by atoms with E-state index in [0.717, 1.165) is 46.4 Å². The van der Waals surface area contributed by atoms with E-state index >= 15 is 0 Å². The van der Waals surface area contributed by atoms with Gasteiger partial charge >= 0.3 is 0 Å². The first-order valence-electron chi connectivity index (χ1n) is 10.1. The van der Waals surface area contributed by atoms with Gasteiger partial charge < -0.3 is 0 Å². The topological polar surface area (TPSA) is 89.4 Å². The zero-order valence-electron chi connectivity index (χ0n) is 16.9. The van der Waals surface area contributed by atoms with Crippen molar-refractivity contribution >= 4 is 22.2 Å². The summed E-state index contributed by atoms with van der Waals surface area (Å²) in [5.41, 5.74) is 4.91. The van der Waals surface area contributed by atoms with Crippen LogP contribution in [0.4, 0.5) is 0 Å². The highest BCUT2D eigenvalue weighted by molar-refractivity contribution is 7.08. The van der Waals surface area contributed by atoms with Crippen molar-refractivity contribution in [2.75, 3.05) is 0 Å². The summed E-state index contributed by atoms with van der Waals surface area (Å²) in [6.45, 7) is 2.59. The molecule has 0 fully saturated rings. The third kappa shape index (κ3) is 3.66. The fraction of sp³-hybridized carbons (Fsp3) is 0.174. The lowest BCUT2D eigenvalue weighted by Crippen LogP contribution is -2.26. The van der Waals surface area contributed by atoms with Crippen LogP contribution in [0.2, 0.25) is 0 Å². The second kappa shape index (κ2) is 8.23. The van der Waals surface area contributed by atoms with E-state index in [1.54, 1.807) is 15.9 Å². The van der Waals surface area contributed by atoms with Crippen LogP contribution in [0.1, 0.15) is 24.7 Å². The van der Waals surface area contributed by atoms with Gasteiger partial charge in [0.25, 0.3) is 5.56 Å². The summed E-state index contributed by atoms with van der Waals surface area (Å²) in [6.07, 6.45) is 1.70. The molecule has 0 saturated carbocycles. The van der Waals surface area contributed by atoms with E-state index in [9.17, 15) is 4.79 Å². The minimum Gasteiger partial charge on any atom is -0.292 e. The molecular formula is C23H20N6OS. The Balaban J connectivity index is 1.49. The van der Waals surface area contributed by atoms with Crippen LogP contribution in [0.25, 0.3) is 33.4 Å². The number of nitrogens with one attached hydrogen (secondary N) is 1. The average molecular weight is 429 g/mol. The van der Waals surface area contributed by atoms with Gasteiger partial charge in [0.2, 0.25) is 5.82 Å². The number of thiophene rings is 1. The molecule has 5 aromatic rings. The highest BCUT2D eigenvalue weighted by Gasteiger charge is 2.14. The van der Waals surface area contributed by atoms with Gasteiger partial charge in [-0.1, -0.05) is 43.3 Å². The van der Waals surface area contributed by atoms with Crippen LogP contribution in [-0.2, 0) is 13.0 Å². The lowest BCUT2D eigenvalue weighted by molar-refractivity contribution is 0.665. The quantitative estimate of drug-likeness (QED) is 0.435. The van der Waals surface area contributed by atoms with E-state index in [4.69, 9.17) is 4.98 Å². The van der Waals surface area contributed by atoms with E-state index in [0.29, 0.717) is 17.8 Å². The van der Waals surface area contributed by atoms with E-state index in [1.165, 1.54) is 0 Å². The Morgan fingerprint density at radius 1 is 1.03 bits per heavy atom. The molecule has 0 aliphatic carbocycles. The minimum absolute atomic E-state index is 0.00959. The van der Waals surface area contributed by atoms with Gasteiger partial charge in [0.1, 0.15) is 5.82 Å². The second-order valence-electron chi connectivity index (χ2n) is 7.32. The predicted octanol–water partition coefficient (Wildman–Crippen LogP) is 4.31. The first-order valence-corrected chi connectivity index (χ1v) is 11.1. The van der Waals surface area contributed by atoms with Gasteiger partial charge in [-0.15, -0.1) is 10.2 Å². The Kier molecular flexibility index (Phi) is 5.13. The smallest absolute Gasteiger partial charge is 0.261 e. The summed E-state index contributed by atoms with van der Waals surface area (Å²) >= 11 is 1.60. The van der Waals surface area contributed by atoms with Gasteiger partial charge in [-0.05, 0) is 40.3 Å². The van der Waals surface area contributed by atoms with Crippen molar-refractivity contribution < 1.29 is 0 Å². The highest BCUT2D eigenvalue weighted by Crippen LogP contribution is 2.33. The van der Waals surface area contributed by atoms with Gasteiger partial charge in [0.05, 0.1) is 17.4 Å². The van der Waals surface area contributed by atoms with Crippen LogP contribution < -0.4 is 5.56 Å². The first-order chi connectivity index (χ1) is 15.2. The van der Waals surface area contributed by atoms with Crippen LogP contribution in [-0.4, -0.2) is 30.2 Å². The van der Waals surface area contributed by atoms with E-state index < -0.39 is 0 Å². The Morgan fingerprint density at radius 3 is 2.61 bits per heavy atom. The summed E-state index contributed by atoms with van der Waals surface area (Å²) in [5.74, 6) is 1.41. The van der Waals surface area contributed by atoms with Crippen LogP contribution in [0, 0.1) is 0 Å². The fourth-order valence-corrected chi connectivity index (χ4v) is 4.57. The molecule has 5 rings (SSSR count). The molecule has 0 radical (unpaired) electrons. The Hall–Kier alpha value is -3.65. The number of benzene rings is 2. The molecule has 7 nitrogen and oxygen atoms in total. The van der Waals surface area contributed by atoms with Crippen molar-refractivity contribution in [3.8, 4) is 22.5 Å². The number of aromatic nitrogens is 6. The summed E-state index contributed by atoms with van der Waals surface area (Å²) in [7, 11) is 0. The van der Waals surface area contributed by atoms with E-state index in [2.05, 4.69) is 57.2 Å². The average Bonchev–Trinajstić information content (AvgIpc) is 3.49. The number of hydrogen-bond acceptors (Lipinski definition) is 6. The number of para-hydroxylation sites is 1. The van der Waals surface area contributed by atoms with Crippen LogP contribution in [0.15, 0.2) is 64.1 Å². The molecule has 31 heavy (non-hydrogen) atoms. The molecule has 8 heteroatoms. The number of H-pyrrole nitrogens is 1. The number of rotatable bonds is 6. The van der Waals surface area contributed by atoms with Crippen LogP contribution in [0.5, 0.6) is 0 Å². The molecule has 0 saturated heterocycles. The lowest BCUT2D eigenvalue weighted by atomic mass is 10.0. The van der Waals surface area contributed by atoms with Gasteiger partial charge in [-0.3, -0.25) is 9.36 Å². The number of aryl methyl sites for hydroxylation is 1. The number of fused-ring (bicyclic) bond motifs is 1. The molecule has 0 spiro atoms. The molecule has 3 heterocycles. The monoisotopic (exact) mass is 428 g/mol. The van der Waals surface area contributed by atoms with Gasteiger partial charge in [0.15, 0.2) is 0 Å². The van der Waals surface area contributed by atoms with E-state index in [1.807, 2.05) is 29.6 Å². The Bertz CT molecular complexity index is 1390. The Morgan fingerprint density at radius 2 is 1.84 bits per heavy atom. The van der Waals surface area contributed by atoms with Crippen molar-refractivity contribution in [2.45, 2.75) is 26.3 Å². The van der Waals surface area contributed by atoms with Crippen LogP contribution >= 0.6 is 11.3 Å². The fourth-order valence-electron chi connectivity index (χ4n) is 3.73. The zero-order valence-corrected chi connectivity index (χ0v) is 17.8. The van der Waals surface area contributed by atoms with Crippen molar-refractivity contribution in [3.05, 3.63) is 81.0 Å². The maximum atomic E-state index is 13.2. The molecule has 0 unspecified atom stereocenters. The lowest BCUT2D eigenvalue weighted by Gasteiger charge is -2.13. The molecule has 0 bridgehead atoms. The summed E-state index contributed by atoms with van der Waals surface area (Å²) in [5, 5.41) is 19.1. The molecular weight excluding hydrogens is 408 g/mol. The molecule has 0 aliphatic rings. The van der Waals surface area contributed by atoms with Crippen molar-refractivity contribution in [1.29, 1.82) is 0 Å². The molecule has 0 amide bonds. The van der Waals surface area contributed by atoms with Gasteiger partial charge in [-0.2, -0.15) is 16.6 Å². The zero-order chi connectivity index (χ0) is 21.2. The molecule has 3 aromatic heterocycles. The largest absolute Gasteiger partial charge is 0.292 e. The number of tetrazole rings is 1. The van der Waals surface area contributed by atoms with Crippen molar-refractivity contribution in [1.82, 2.24) is 30.2 Å². The number of hydrogen-bond donors (Lipinski definition) is 1. The maximum Gasteiger partial charge on any atom is 0.261 e. The molecule has 154 valence electrons. The minimum atomic E-state index is 0.00959. The first kappa shape index (κ1) is 19.3. The third-order valence-corrected chi connectivity index (χ3v) is 6.01. The Labute approximate surface area is 182 Å². The summed E-state index contributed by atoms with van der Waals surface area (Å²) in [6, 6.07) is 15.8. The number of nitrogens with zero attached hydrogens (tertiary/aromatic N) is 5. The standard InChI is InChI=1S/C23H20N6OS/c1-2-5-21-24-20-7-4-3-6-17(20)23(30)29(21)12-15-8-10-16(11-9-15)18-13-31-14-19(18)22-25-27-28-26-22/h3-4,6-11,13-14H,2,5,12H2,1H3,(H,25,26,27,28). The molecule has 1 N–H and O–H groups in total. The van der Waals surface area contributed by atoms with Crippen molar-refractivity contribution in [2.24, 2.45) is 0 Å². The van der Waals surface area contributed by atoms with Gasteiger partial charge in [0, 0.05) is 22.9 Å². The second-order valence-corrected chi connectivity index (χ2v) is 8.06. The molecule has 0 atom stereocenters. The third-order valence-electron chi connectivity index (χ3n) is 5.27. The van der Waals surface area contributed by atoms with Crippen LogP contribution in [0.3, 0.4) is 0 Å². The number of aromatic amines is 1. The van der Waals surface area contributed by atoms with E-state index in [-0.39, 0.29) is 5.56 Å². The molecule has 0 aliphatic heterocycles. The highest BCUT2D eigenvalue weighted by atomic mass is 32.1. The normalized spacial score (nSPS) is 11.3. The van der Waals surface area contributed by atoms with Gasteiger partial charge in [-0.25, -0.2) is 4.98 Å². The summed E-state index contributed by atoms with van der Waals surface area (Å²) < 4.78 is 1.80. The summed E-state index contributed by atoms with van der Waals surface area (Å²) in [4.78, 5) is 17.9.